The van der Waals surface area contributed by atoms with Crippen molar-refractivity contribution in [1.82, 2.24) is 5.43 Å². The zero-order valence-corrected chi connectivity index (χ0v) is 11.0. The van der Waals surface area contributed by atoms with Gasteiger partial charge in [0.05, 0.1) is 13.7 Å². The largest absolute Gasteiger partial charge is 0.496 e. The summed E-state index contributed by atoms with van der Waals surface area (Å²) in [7, 11) is 1.61. The van der Waals surface area contributed by atoms with Gasteiger partial charge in [-0.3, -0.25) is 10.2 Å². The molecule has 0 radical (unpaired) electrons. The molecule has 0 atom stereocenters. The smallest absolute Gasteiger partial charge is 0.259 e. The molecule has 100 valence electrons. The Hall–Kier alpha value is -1.59. The number of nitrogens with two attached hydrogens (primary N) is 1. The Morgan fingerprint density at radius 3 is 2.72 bits per heavy atom. The van der Waals surface area contributed by atoms with E-state index in [1.54, 1.807) is 7.11 Å². The molecular weight excluding hydrogens is 232 g/mol. The second-order valence-corrected chi connectivity index (χ2v) is 4.29. The minimum absolute atomic E-state index is 0.0639. The lowest BCUT2D eigenvalue weighted by atomic mass is 10.0. The zero-order chi connectivity index (χ0) is 13.5. The number of rotatable bonds is 6. The molecule has 3 N–H and O–H groups in total. The Morgan fingerprint density at radius 2 is 2.17 bits per heavy atom. The second kappa shape index (κ2) is 6.98. The first-order valence-electron chi connectivity index (χ1n) is 5.82. The normalized spacial score (nSPS) is 10.5. The maximum atomic E-state index is 10.9. The maximum Gasteiger partial charge on any atom is 0.259 e. The summed E-state index contributed by atoms with van der Waals surface area (Å²) in [5, 5.41) is 0. The third kappa shape index (κ3) is 4.01. The summed E-state index contributed by atoms with van der Waals surface area (Å²) in [5.41, 5.74) is 4.14. The van der Waals surface area contributed by atoms with Crippen LogP contribution in [0.5, 0.6) is 5.75 Å². The van der Waals surface area contributed by atoms with Gasteiger partial charge in [-0.15, -0.1) is 0 Å². The molecule has 0 aliphatic heterocycles. The number of hydrazine groups is 1. The summed E-state index contributed by atoms with van der Waals surface area (Å²) in [6.07, 6.45) is 0. The lowest BCUT2D eigenvalue weighted by Gasteiger charge is -2.12. The molecule has 0 aliphatic rings. The zero-order valence-electron chi connectivity index (χ0n) is 11.0. The van der Waals surface area contributed by atoms with Gasteiger partial charge >= 0.3 is 0 Å². The molecular formula is C13H20N2O3. The molecule has 0 bridgehead atoms. The van der Waals surface area contributed by atoms with Gasteiger partial charge in [0.1, 0.15) is 12.4 Å². The minimum Gasteiger partial charge on any atom is -0.496 e. The van der Waals surface area contributed by atoms with E-state index in [1.165, 1.54) is 5.56 Å². The van der Waals surface area contributed by atoms with E-state index in [1.807, 2.05) is 23.6 Å². The molecule has 5 heteroatoms. The van der Waals surface area contributed by atoms with Gasteiger partial charge in [-0.25, -0.2) is 5.84 Å². The molecule has 0 heterocycles. The SMILES string of the molecule is COc1ccc(C(C)C)cc1COCC(=O)NN. The molecule has 0 spiro atoms. The van der Waals surface area contributed by atoms with Crippen molar-refractivity contribution in [2.24, 2.45) is 5.84 Å². The van der Waals surface area contributed by atoms with Crippen LogP contribution in [-0.4, -0.2) is 19.6 Å². The topological polar surface area (TPSA) is 73.6 Å². The average Bonchev–Trinajstić information content (AvgIpc) is 2.38. The molecule has 0 aromatic heterocycles. The van der Waals surface area contributed by atoms with Gasteiger partial charge in [0.15, 0.2) is 0 Å². The second-order valence-electron chi connectivity index (χ2n) is 4.29. The summed E-state index contributed by atoms with van der Waals surface area (Å²) in [4.78, 5) is 10.9. The lowest BCUT2D eigenvalue weighted by molar-refractivity contribution is -0.126. The highest BCUT2D eigenvalue weighted by molar-refractivity contribution is 5.76. The van der Waals surface area contributed by atoms with Gasteiger partial charge in [0, 0.05) is 5.56 Å². The Kier molecular flexibility index (Phi) is 5.61. The Labute approximate surface area is 107 Å². The van der Waals surface area contributed by atoms with Crippen LogP contribution in [-0.2, 0) is 16.1 Å². The molecule has 18 heavy (non-hydrogen) atoms. The number of ether oxygens (including phenoxy) is 2. The molecule has 1 amide bonds. The first-order chi connectivity index (χ1) is 8.58. The summed E-state index contributed by atoms with van der Waals surface area (Å²) < 4.78 is 10.5. The number of amides is 1. The summed E-state index contributed by atoms with van der Waals surface area (Å²) in [6, 6.07) is 5.97. The Morgan fingerprint density at radius 1 is 1.44 bits per heavy atom. The van der Waals surface area contributed by atoms with Crippen molar-refractivity contribution in [2.75, 3.05) is 13.7 Å². The van der Waals surface area contributed by atoms with E-state index in [-0.39, 0.29) is 12.5 Å². The first-order valence-corrected chi connectivity index (χ1v) is 5.82. The van der Waals surface area contributed by atoms with Crippen LogP contribution < -0.4 is 16.0 Å². The highest BCUT2D eigenvalue weighted by Gasteiger charge is 2.08. The number of carbonyl (C=O) groups excluding carboxylic acids is 1. The van der Waals surface area contributed by atoms with E-state index in [4.69, 9.17) is 15.3 Å². The van der Waals surface area contributed by atoms with Crippen LogP contribution in [0.15, 0.2) is 18.2 Å². The molecule has 0 unspecified atom stereocenters. The Balaban J connectivity index is 2.72. The predicted octanol–water partition coefficient (Wildman–Crippen LogP) is 1.33. The number of nitrogens with one attached hydrogen (secondary N) is 1. The first kappa shape index (κ1) is 14.5. The van der Waals surface area contributed by atoms with E-state index in [2.05, 4.69) is 13.8 Å². The highest BCUT2D eigenvalue weighted by Crippen LogP contribution is 2.24. The van der Waals surface area contributed by atoms with Crippen molar-refractivity contribution in [2.45, 2.75) is 26.4 Å². The molecule has 0 aliphatic carbocycles. The summed E-state index contributed by atoms with van der Waals surface area (Å²) >= 11 is 0. The molecule has 0 fully saturated rings. The van der Waals surface area contributed by atoms with Crippen molar-refractivity contribution in [3.63, 3.8) is 0 Å². The van der Waals surface area contributed by atoms with Gasteiger partial charge in [-0.1, -0.05) is 19.9 Å². The van der Waals surface area contributed by atoms with Crippen LogP contribution in [0.3, 0.4) is 0 Å². The molecule has 0 saturated heterocycles. The molecule has 5 nitrogen and oxygen atoms in total. The number of benzene rings is 1. The quantitative estimate of drug-likeness (QED) is 0.455. The van der Waals surface area contributed by atoms with Gasteiger partial charge in [0.2, 0.25) is 0 Å². The van der Waals surface area contributed by atoms with Crippen LogP contribution in [0, 0.1) is 0 Å². The maximum absolute atomic E-state index is 10.9. The Bertz CT molecular complexity index is 405. The average molecular weight is 252 g/mol. The third-order valence-electron chi connectivity index (χ3n) is 2.62. The van der Waals surface area contributed by atoms with E-state index < -0.39 is 0 Å². The van der Waals surface area contributed by atoms with Crippen LogP contribution in [0.25, 0.3) is 0 Å². The molecule has 0 saturated carbocycles. The van der Waals surface area contributed by atoms with Crippen LogP contribution >= 0.6 is 0 Å². The van der Waals surface area contributed by atoms with Crippen molar-refractivity contribution in [3.05, 3.63) is 29.3 Å². The van der Waals surface area contributed by atoms with E-state index in [0.29, 0.717) is 12.5 Å². The monoisotopic (exact) mass is 252 g/mol. The molecule has 1 rings (SSSR count). The van der Waals surface area contributed by atoms with E-state index in [9.17, 15) is 4.79 Å². The summed E-state index contributed by atoms with van der Waals surface area (Å²) in [5.74, 6) is 5.80. The van der Waals surface area contributed by atoms with Crippen LogP contribution in [0.2, 0.25) is 0 Å². The molecule has 1 aromatic rings. The van der Waals surface area contributed by atoms with Crippen LogP contribution in [0.1, 0.15) is 30.9 Å². The summed E-state index contributed by atoms with van der Waals surface area (Å²) in [6.45, 7) is 4.49. The van der Waals surface area contributed by atoms with Crippen molar-refractivity contribution in [3.8, 4) is 5.75 Å². The number of methoxy groups -OCH3 is 1. The van der Waals surface area contributed by atoms with Crippen molar-refractivity contribution >= 4 is 5.91 Å². The number of carbonyl (C=O) groups is 1. The fraction of sp³-hybridized carbons (Fsp3) is 0.462. The van der Waals surface area contributed by atoms with E-state index in [0.717, 1.165) is 11.3 Å². The fourth-order valence-corrected chi connectivity index (χ4v) is 1.57. The lowest BCUT2D eigenvalue weighted by Crippen LogP contribution is -2.33. The van der Waals surface area contributed by atoms with Crippen molar-refractivity contribution < 1.29 is 14.3 Å². The standard InChI is InChI=1S/C13H20N2O3/c1-9(2)10-4-5-12(17-3)11(6-10)7-18-8-13(16)15-14/h4-6,9H,7-8,14H2,1-3H3,(H,15,16). The van der Waals surface area contributed by atoms with E-state index >= 15 is 0 Å². The van der Waals surface area contributed by atoms with Gasteiger partial charge in [0.25, 0.3) is 5.91 Å². The predicted molar refractivity (Wildman–Crippen MR) is 69.1 cm³/mol. The minimum atomic E-state index is -0.353. The molecule has 1 aromatic carbocycles. The fourth-order valence-electron chi connectivity index (χ4n) is 1.57. The van der Waals surface area contributed by atoms with Gasteiger partial charge in [-0.05, 0) is 23.6 Å². The number of hydrogen-bond donors (Lipinski definition) is 2. The number of hydrogen-bond acceptors (Lipinski definition) is 4. The highest BCUT2D eigenvalue weighted by atomic mass is 16.5. The van der Waals surface area contributed by atoms with Gasteiger partial charge < -0.3 is 9.47 Å². The van der Waals surface area contributed by atoms with Gasteiger partial charge in [-0.2, -0.15) is 0 Å². The van der Waals surface area contributed by atoms with Crippen molar-refractivity contribution in [1.29, 1.82) is 0 Å². The third-order valence-corrected chi connectivity index (χ3v) is 2.62. The van der Waals surface area contributed by atoms with Crippen LogP contribution in [0.4, 0.5) is 0 Å².